The Morgan fingerprint density at radius 3 is 2.57 bits per heavy atom. The van der Waals surface area contributed by atoms with E-state index in [1.54, 1.807) is 18.4 Å². The van der Waals surface area contributed by atoms with Crippen LogP contribution in [0.25, 0.3) is 0 Å². The van der Waals surface area contributed by atoms with E-state index in [-0.39, 0.29) is 11.5 Å². The van der Waals surface area contributed by atoms with Gasteiger partial charge in [0, 0.05) is 18.2 Å². The Labute approximate surface area is 94.3 Å². The van der Waals surface area contributed by atoms with Gasteiger partial charge < -0.3 is 4.74 Å². The maximum atomic E-state index is 5.73. The molecule has 4 heteroatoms. The molecule has 1 atom stereocenters. The highest BCUT2D eigenvalue weighted by atomic mass is 35.5. The molecule has 1 unspecified atom stereocenters. The van der Waals surface area contributed by atoms with Gasteiger partial charge in [0.05, 0.1) is 5.88 Å². The number of rotatable bonds is 3. The molecule has 0 aromatic carbocycles. The van der Waals surface area contributed by atoms with Crippen LogP contribution in [0.15, 0.2) is 6.20 Å². The van der Waals surface area contributed by atoms with Crippen LogP contribution in [-0.2, 0) is 10.6 Å². The summed E-state index contributed by atoms with van der Waals surface area (Å²) in [4.78, 5) is 5.42. The van der Waals surface area contributed by atoms with Crippen molar-refractivity contribution in [2.24, 2.45) is 5.41 Å². The lowest BCUT2D eigenvalue weighted by Gasteiger charge is -2.27. The van der Waals surface area contributed by atoms with Gasteiger partial charge in [-0.15, -0.1) is 22.9 Å². The fraction of sp³-hybridized carbons (Fsp3) is 0.700. The van der Waals surface area contributed by atoms with Gasteiger partial charge in [-0.05, 0) is 5.41 Å². The molecule has 0 aliphatic heterocycles. The molecule has 1 aromatic heterocycles. The van der Waals surface area contributed by atoms with Crippen LogP contribution in [-0.4, -0.2) is 12.1 Å². The Hall–Kier alpha value is -0.120. The molecule has 0 aliphatic carbocycles. The Bertz CT molecular complexity index is 293. The summed E-state index contributed by atoms with van der Waals surface area (Å²) in [5.74, 6) is 0.526. The standard InChI is InChI=1S/C10H16ClNOS/c1-10(2,3)8(13-4)9-12-6-7(5-11)14-9/h6,8H,5H2,1-4H3. The van der Waals surface area contributed by atoms with Gasteiger partial charge in [0.2, 0.25) is 0 Å². The number of aromatic nitrogens is 1. The highest BCUT2D eigenvalue weighted by molar-refractivity contribution is 7.11. The van der Waals surface area contributed by atoms with Gasteiger partial charge in [-0.1, -0.05) is 20.8 Å². The number of ether oxygens (including phenoxy) is 1. The molecule has 0 saturated heterocycles. The van der Waals surface area contributed by atoms with Gasteiger partial charge in [0.1, 0.15) is 11.1 Å². The minimum Gasteiger partial charge on any atom is -0.374 e. The summed E-state index contributed by atoms with van der Waals surface area (Å²) in [5.41, 5.74) is 0.0657. The molecule has 0 bridgehead atoms. The van der Waals surface area contributed by atoms with Crippen LogP contribution in [0.2, 0.25) is 0 Å². The summed E-state index contributed by atoms with van der Waals surface area (Å²) < 4.78 is 5.46. The van der Waals surface area contributed by atoms with E-state index in [2.05, 4.69) is 25.8 Å². The molecular formula is C10H16ClNOS. The molecule has 1 heterocycles. The second-order valence-corrected chi connectivity index (χ2v) is 5.69. The Balaban J connectivity index is 2.90. The first-order valence-electron chi connectivity index (χ1n) is 4.52. The van der Waals surface area contributed by atoms with Crippen molar-refractivity contribution >= 4 is 22.9 Å². The highest BCUT2D eigenvalue weighted by Gasteiger charge is 2.28. The van der Waals surface area contributed by atoms with Crippen LogP contribution in [0.4, 0.5) is 0 Å². The molecular weight excluding hydrogens is 218 g/mol. The van der Waals surface area contributed by atoms with Gasteiger partial charge in [0.25, 0.3) is 0 Å². The van der Waals surface area contributed by atoms with Crippen molar-refractivity contribution < 1.29 is 4.74 Å². The van der Waals surface area contributed by atoms with Crippen molar-refractivity contribution in [2.45, 2.75) is 32.8 Å². The summed E-state index contributed by atoms with van der Waals surface area (Å²) in [5, 5.41) is 1.01. The zero-order chi connectivity index (χ0) is 10.8. The lowest BCUT2D eigenvalue weighted by Crippen LogP contribution is -2.19. The second kappa shape index (κ2) is 4.60. The first-order chi connectivity index (χ1) is 6.49. The molecule has 2 nitrogen and oxygen atoms in total. The number of alkyl halides is 1. The van der Waals surface area contributed by atoms with E-state index in [1.807, 2.05) is 6.20 Å². The minimum absolute atomic E-state index is 0.0458. The third-order valence-electron chi connectivity index (χ3n) is 1.95. The largest absolute Gasteiger partial charge is 0.374 e. The summed E-state index contributed by atoms with van der Waals surface area (Å²) in [6.45, 7) is 6.43. The third kappa shape index (κ3) is 2.69. The third-order valence-corrected chi connectivity index (χ3v) is 3.44. The zero-order valence-corrected chi connectivity index (χ0v) is 10.6. The fourth-order valence-corrected chi connectivity index (χ4v) is 2.65. The second-order valence-electron chi connectivity index (χ2n) is 4.28. The molecule has 1 aromatic rings. The van der Waals surface area contributed by atoms with Crippen LogP contribution >= 0.6 is 22.9 Å². The molecule has 0 radical (unpaired) electrons. The minimum atomic E-state index is 0.0458. The molecule has 0 aliphatic rings. The van der Waals surface area contributed by atoms with Gasteiger partial charge in [-0.2, -0.15) is 0 Å². The molecule has 0 spiro atoms. The summed E-state index contributed by atoms with van der Waals surface area (Å²) in [7, 11) is 1.72. The highest BCUT2D eigenvalue weighted by Crippen LogP contribution is 2.37. The molecule has 14 heavy (non-hydrogen) atoms. The molecule has 0 fully saturated rings. The lowest BCUT2D eigenvalue weighted by molar-refractivity contribution is 0.0150. The molecule has 1 rings (SSSR count). The molecule has 0 amide bonds. The van der Waals surface area contributed by atoms with E-state index >= 15 is 0 Å². The predicted octanol–water partition coefficient (Wildman–Crippen LogP) is 3.62. The average Bonchev–Trinajstić information content (AvgIpc) is 2.51. The summed E-state index contributed by atoms with van der Waals surface area (Å²) >= 11 is 7.36. The van der Waals surface area contributed by atoms with E-state index in [0.29, 0.717) is 5.88 Å². The maximum Gasteiger partial charge on any atom is 0.122 e. The number of hydrogen-bond acceptors (Lipinski definition) is 3. The summed E-state index contributed by atoms with van der Waals surface area (Å²) in [6.07, 6.45) is 1.87. The number of hydrogen-bond donors (Lipinski definition) is 0. The van der Waals surface area contributed by atoms with E-state index in [0.717, 1.165) is 9.88 Å². The fourth-order valence-electron chi connectivity index (χ4n) is 1.33. The van der Waals surface area contributed by atoms with Gasteiger partial charge in [-0.3, -0.25) is 0 Å². The normalized spacial score (nSPS) is 14.4. The average molecular weight is 234 g/mol. The zero-order valence-electron chi connectivity index (χ0n) is 9.00. The van der Waals surface area contributed by atoms with E-state index < -0.39 is 0 Å². The van der Waals surface area contributed by atoms with Crippen LogP contribution in [0.1, 0.15) is 36.8 Å². The monoisotopic (exact) mass is 233 g/mol. The molecule has 0 N–H and O–H groups in total. The van der Waals surface area contributed by atoms with Crippen molar-refractivity contribution in [1.82, 2.24) is 4.98 Å². The predicted molar refractivity (Wildman–Crippen MR) is 60.9 cm³/mol. The number of halogens is 1. The number of thiazole rings is 1. The van der Waals surface area contributed by atoms with Gasteiger partial charge in [0.15, 0.2) is 0 Å². The van der Waals surface area contributed by atoms with Crippen molar-refractivity contribution in [3.8, 4) is 0 Å². The number of nitrogens with zero attached hydrogens (tertiary/aromatic N) is 1. The topological polar surface area (TPSA) is 22.1 Å². The molecule has 0 saturated carbocycles. The van der Waals surface area contributed by atoms with Crippen molar-refractivity contribution in [3.05, 3.63) is 16.1 Å². The van der Waals surface area contributed by atoms with E-state index in [9.17, 15) is 0 Å². The van der Waals surface area contributed by atoms with E-state index in [1.165, 1.54) is 0 Å². The Morgan fingerprint density at radius 2 is 2.21 bits per heavy atom. The van der Waals surface area contributed by atoms with Crippen LogP contribution in [0, 0.1) is 5.41 Å². The van der Waals surface area contributed by atoms with Crippen molar-refractivity contribution in [2.75, 3.05) is 7.11 Å². The van der Waals surface area contributed by atoms with Gasteiger partial charge >= 0.3 is 0 Å². The Kier molecular flexibility index (Phi) is 3.93. The van der Waals surface area contributed by atoms with Crippen LogP contribution < -0.4 is 0 Å². The summed E-state index contributed by atoms with van der Waals surface area (Å²) in [6, 6.07) is 0. The van der Waals surface area contributed by atoms with Crippen LogP contribution in [0.3, 0.4) is 0 Å². The SMILES string of the molecule is COC(c1ncc(CCl)s1)C(C)(C)C. The Morgan fingerprint density at radius 1 is 1.57 bits per heavy atom. The quantitative estimate of drug-likeness (QED) is 0.744. The maximum absolute atomic E-state index is 5.73. The lowest BCUT2D eigenvalue weighted by atomic mass is 9.89. The first-order valence-corrected chi connectivity index (χ1v) is 5.87. The smallest absolute Gasteiger partial charge is 0.122 e. The first kappa shape index (κ1) is 12.0. The van der Waals surface area contributed by atoms with Crippen molar-refractivity contribution in [3.63, 3.8) is 0 Å². The number of methoxy groups -OCH3 is 1. The van der Waals surface area contributed by atoms with Gasteiger partial charge in [-0.25, -0.2) is 4.98 Å². The van der Waals surface area contributed by atoms with E-state index in [4.69, 9.17) is 16.3 Å². The van der Waals surface area contributed by atoms with Crippen molar-refractivity contribution in [1.29, 1.82) is 0 Å². The van der Waals surface area contributed by atoms with Crippen LogP contribution in [0.5, 0.6) is 0 Å². The molecule has 80 valence electrons.